The summed E-state index contributed by atoms with van der Waals surface area (Å²) in [5.74, 6) is 1.10. The first-order valence-electron chi connectivity index (χ1n) is 12.6. The lowest BCUT2D eigenvalue weighted by Gasteiger charge is -2.33. The summed E-state index contributed by atoms with van der Waals surface area (Å²) >= 11 is 0. The van der Waals surface area contributed by atoms with Crippen LogP contribution in [-0.2, 0) is 21.2 Å². The molecule has 36 heavy (non-hydrogen) atoms. The van der Waals surface area contributed by atoms with E-state index in [1.165, 1.54) is 0 Å². The molecule has 1 fully saturated rings. The number of pyridine rings is 1. The third kappa shape index (κ3) is 6.62. The number of fused-ring (bicyclic) bond motifs is 1. The Morgan fingerprint density at radius 3 is 2.58 bits per heavy atom. The van der Waals surface area contributed by atoms with Gasteiger partial charge in [-0.1, -0.05) is 31.5 Å². The fraction of sp³-hybridized carbons (Fsp3) is 0.429. The SMILES string of the molecule is COc1ccc2ccc(S(=O)(=O)N[C@@H](CCCCc3ccccn3)C(=O)N3CCC(C)CC3)cc2c1. The van der Waals surface area contributed by atoms with Gasteiger partial charge in [-0.2, -0.15) is 4.72 Å². The van der Waals surface area contributed by atoms with Gasteiger partial charge in [-0.3, -0.25) is 9.78 Å². The fourth-order valence-electron chi connectivity index (χ4n) is 4.64. The predicted molar refractivity (Wildman–Crippen MR) is 141 cm³/mol. The van der Waals surface area contributed by atoms with Crippen LogP contribution in [0.4, 0.5) is 0 Å². The summed E-state index contributed by atoms with van der Waals surface area (Å²) in [6.45, 7) is 3.53. The zero-order chi connectivity index (χ0) is 25.5. The van der Waals surface area contributed by atoms with Crippen LogP contribution in [0, 0.1) is 5.92 Å². The van der Waals surface area contributed by atoms with E-state index < -0.39 is 16.1 Å². The van der Waals surface area contributed by atoms with Gasteiger partial charge in [-0.05, 0) is 85.2 Å². The van der Waals surface area contributed by atoms with Crippen molar-refractivity contribution in [3.05, 3.63) is 66.5 Å². The van der Waals surface area contributed by atoms with E-state index in [0.29, 0.717) is 37.6 Å². The van der Waals surface area contributed by atoms with Crippen LogP contribution >= 0.6 is 0 Å². The summed E-state index contributed by atoms with van der Waals surface area (Å²) in [4.78, 5) is 19.8. The van der Waals surface area contributed by atoms with Crippen LogP contribution in [0.2, 0.25) is 0 Å². The normalized spacial score (nSPS) is 15.7. The highest BCUT2D eigenvalue weighted by Crippen LogP contribution is 2.25. The second kappa shape index (κ2) is 11.8. The number of unbranched alkanes of at least 4 members (excludes halogenated alkanes) is 1. The average molecular weight is 510 g/mol. The standard InChI is InChI=1S/C28H35N3O4S/c1-21-14-17-31(18-15-21)28(32)27(9-4-3-7-24-8-5-6-16-29-24)30-36(33,34)26-13-11-22-10-12-25(35-2)19-23(22)20-26/h5-6,8,10-13,16,19-21,27,30H,3-4,7,9,14-15,17-18H2,1-2H3/t27-/m0/s1. The van der Waals surface area contributed by atoms with E-state index in [0.717, 1.165) is 42.1 Å². The Kier molecular flexibility index (Phi) is 8.59. The van der Waals surface area contributed by atoms with E-state index in [1.807, 2.05) is 41.3 Å². The van der Waals surface area contributed by atoms with Crippen molar-refractivity contribution < 1.29 is 17.9 Å². The fourth-order valence-corrected chi connectivity index (χ4v) is 5.89. The van der Waals surface area contributed by atoms with Gasteiger partial charge in [0.25, 0.3) is 0 Å². The molecule has 4 rings (SSSR count). The molecule has 1 amide bonds. The van der Waals surface area contributed by atoms with Crippen LogP contribution in [-0.4, -0.2) is 50.5 Å². The molecule has 2 aromatic carbocycles. The molecule has 1 aliphatic rings. The van der Waals surface area contributed by atoms with Crippen molar-refractivity contribution in [2.45, 2.75) is 56.4 Å². The van der Waals surface area contributed by atoms with Crippen LogP contribution < -0.4 is 9.46 Å². The highest BCUT2D eigenvalue weighted by Gasteiger charge is 2.30. The Bertz CT molecular complexity index is 1270. The summed E-state index contributed by atoms with van der Waals surface area (Å²) in [5, 5.41) is 1.68. The molecule has 0 bridgehead atoms. The maximum atomic E-state index is 13.4. The summed E-state index contributed by atoms with van der Waals surface area (Å²) in [5.41, 5.74) is 0.998. The van der Waals surface area contributed by atoms with Crippen LogP contribution in [0.15, 0.2) is 65.7 Å². The van der Waals surface area contributed by atoms with Crippen LogP contribution in [0.5, 0.6) is 5.75 Å². The molecule has 0 aliphatic carbocycles. The van der Waals surface area contributed by atoms with Crippen molar-refractivity contribution in [1.29, 1.82) is 0 Å². The number of aryl methyl sites for hydroxylation is 1. The molecule has 0 radical (unpaired) electrons. The molecule has 2 heterocycles. The van der Waals surface area contributed by atoms with Crippen LogP contribution in [0.3, 0.4) is 0 Å². The zero-order valence-electron chi connectivity index (χ0n) is 21.0. The number of carbonyl (C=O) groups is 1. The van der Waals surface area contributed by atoms with E-state index in [4.69, 9.17) is 4.74 Å². The zero-order valence-corrected chi connectivity index (χ0v) is 21.8. The minimum absolute atomic E-state index is 0.134. The molecule has 0 saturated carbocycles. The molecule has 0 unspecified atom stereocenters. The molecule has 3 aromatic rings. The van der Waals surface area contributed by atoms with Gasteiger partial charge in [-0.15, -0.1) is 0 Å². The van der Waals surface area contributed by atoms with Gasteiger partial charge in [0.15, 0.2) is 0 Å². The number of hydrogen-bond acceptors (Lipinski definition) is 5. The van der Waals surface area contributed by atoms with Crippen molar-refractivity contribution in [2.24, 2.45) is 5.92 Å². The van der Waals surface area contributed by atoms with E-state index >= 15 is 0 Å². The lowest BCUT2D eigenvalue weighted by molar-refractivity contribution is -0.134. The number of benzene rings is 2. The molecular weight excluding hydrogens is 474 g/mol. The number of sulfonamides is 1. The summed E-state index contributed by atoms with van der Waals surface area (Å²) in [7, 11) is -2.33. The second-order valence-corrected chi connectivity index (χ2v) is 11.3. The monoisotopic (exact) mass is 509 g/mol. The number of piperidine rings is 1. The van der Waals surface area contributed by atoms with E-state index in [2.05, 4.69) is 16.6 Å². The maximum absolute atomic E-state index is 13.4. The molecule has 1 aliphatic heterocycles. The van der Waals surface area contributed by atoms with Gasteiger partial charge >= 0.3 is 0 Å². The van der Waals surface area contributed by atoms with Crippen molar-refractivity contribution in [3.63, 3.8) is 0 Å². The first kappa shape index (κ1) is 26.1. The average Bonchev–Trinajstić information content (AvgIpc) is 2.90. The van der Waals surface area contributed by atoms with E-state index in [9.17, 15) is 13.2 Å². The Labute approximate surface area is 213 Å². The van der Waals surface area contributed by atoms with Gasteiger partial charge in [0.1, 0.15) is 11.8 Å². The number of methoxy groups -OCH3 is 1. The smallest absolute Gasteiger partial charge is 0.241 e. The van der Waals surface area contributed by atoms with Gasteiger partial charge in [-0.25, -0.2) is 8.42 Å². The maximum Gasteiger partial charge on any atom is 0.241 e. The van der Waals surface area contributed by atoms with E-state index in [1.54, 1.807) is 31.5 Å². The Morgan fingerprint density at radius 1 is 1.08 bits per heavy atom. The number of aromatic nitrogens is 1. The molecule has 1 N–H and O–H groups in total. The minimum atomic E-state index is -3.90. The highest BCUT2D eigenvalue weighted by atomic mass is 32.2. The van der Waals surface area contributed by atoms with Crippen molar-refractivity contribution in [2.75, 3.05) is 20.2 Å². The van der Waals surface area contributed by atoms with Gasteiger partial charge in [0.2, 0.25) is 15.9 Å². The van der Waals surface area contributed by atoms with E-state index in [-0.39, 0.29) is 10.8 Å². The van der Waals surface area contributed by atoms with Gasteiger partial charge in [0, 0.05) is 25.0 Å². The number of nitrogens with zero attached hydrogens (tertiary/aromatic N) is 2. The van der Waals surface area contributed by atoms with Crippen molar-refractivity contribution in [1.82, 2.24) is 14.6 Å². The number of rotatable bonds is 10. The third-order valence-electron chi connectivity index (χ3n) is 6.92. The third-order valence-corrected chi connectivity index (χ3v) is 8.39. The molecule has 8 heteroatoms. The number of carbonyl (C=O) groups excluding carboxylic acids is 1. The molecule has 7 nitrogen and oxygen atoms in total. The predicted octanol–water partition coefficient (Wildman–Crippen LogP) is 4.56. The van der Waals surface area contributed by atoms with Crippen molar-refractivity contribution in [3.8, 4) is 5.75 Å². The Balaban J connectivity index is 1.50. The first-order valence-corrected chi connectivity index (χ1v) is 14.1. The molecular formula is C28H35N3O4S. The Morgan fingerprint density at radius 2 is 1.86 bits per heavy atom. The minimum Gasteiger partial charge on any atom is -0.497 e. The highest BCUT2D eigenvalue weighted by molar-refractivity contribution is 7.89. The molecule has 0 spiro atoms. The van der Waals surface area contributed by atoms with Crippen molar-refractivity contribution >= 4 is 26.7 Å². The summed E-state index contributed by atoms with van der Waals surface area (Å²) < 4.78 is 34.9. The largest absolute Gasteiger partial charge is 0.497 e. The number of hydrogen-bond donors (Lipinski definition) is 1. The molecule has 192 valence electrons. The lowest BCUT2D eigenvalue weighted by Crippen LogP contribution is -2.50. The number of nitrogens with one attached hydrogen (secondary N) is 1. The quantitative estimate of drug-likeness (QED) is 0.405. The molecule has 1 saturated heterocycles. The lowest BCUT2D eigenvalue weighted by atomic mass is 9.98. The molecule has 1 atom stereocenters. The van der Waals surface area contributed by atoms with Gasteiger partial charge in [0.05, 0.1) is 12.0 Å². The van der Waals surface area contributed by atoms with Crippen LogP contribution in [0.25, 0.3) is 10.8 Å². The number of likely N-dealkylation sites (tertiary alicyclic amines) is 1. The first-order chi connectivity index (χ1) is 17.4. The number of amides is 1. The second-order valence-electron chi connectivity index (χ2n) is 9.62. The van der Waals surface area contributed by atoms with Crippen LogP contribution in [0.1, 0.15) is 44.7 Å². The number of ether oxygens (including phenoxy) is 1. The summed E-state index contributed by atoms with van der Waals surface area (Å²) in [6, 6.07) is 15.6. The topological polar surface area (TPSA) is 88.6 Å². The molecule has 1 aromatic heterocycles. The summed E-state index contributed by atoms with van der Waals surface area (Å²) in [6.07, 6.45) is 6.44. The van der Waals surface area contributed by atoms with Gasteiger partial charge < -0.3 is 9.64 Å². The Hall–Kier alpha value is -2.97.